The summed E-state index contributed by atoms with van der Waals surface area (Å²) in [7, 11) is 0. The third-order valence-electron chi connectivity index (χ3n) is 4.70. The van der Waals surface area contributed by atoms with Gasteiger partial charge in [0.2, 0.25) is 0 Å². The molecule has 1 aromatic carbocycles. The molecule has 0 bridgehead atoms. The largest absolute Gasteiger partial charge is 0.394 e. The Morgan fingerprint density at radius 1 is 1.31 bits per heavy atom. The highest BCUT2D eigenvalue weighted by Gasteiger charge is 2.35. The van der Waals surface area contributed by atoms with Crippen molar-refractivity contribution in [1.29, 1.82) is 0 Å². The molecule has 156 valence electrons. The minimum absolute atomic E-state index is 0.00197. The van der Waals surface area contributed by atoms with E-state index in [1.807, 2.05) is 0 Å². The minimum atomic E-state index is -0.926. The highest BCUT2D eigenvalue weighted by atomic mass is 16.6. The monoisotopic (exact) mass is 407 g/mol. The molecule has 2 aromatic rings. The third kappa shape index (κ3) is 4.77. The minimum Gasteiger partial charge on any atom is -0.394 e. The van der Waals surface area contributed by atoms with Crippen molar-refractivity contribution in [3.8, 4) is 0 Å². The van der Waals surface area contributed by atoms with Gasteiger partial charge < -0.3 is 19.7 Å². The van der Waals surface area contributed by atoms with Gasteiger partial charge in [-0.05, 0) is 0 Å². The van der Waals surface area contributed by atoms with Gasteiger partial charge in [-0.25, -0.2) is 4.79 Å². The molecule has 1 saturated heterocycles. The van der Waals surface area contributed by atoms with Gasteiger partial charge in [0.15, 0.2) is 0 Å². The summed E-state index contributed by atoms with van der Waals surface area (Å²) in [6.45, 7) is -0.374. The van der Waals surface area contributed by atoms with E-state index in [2.05, 4.69) is 4.98 Å². The number of para-hydroxylation sites is 1. The van der Waals surface area contributed by atoms with Crippen molar-refractivity contribution < 1.29 is 24.6 Å². The summed E-state index contributed by atoms with van der Waals surface area (Å²) in [6, 6.07) is 6.31. The van der Waals surface area contributed by atoms with Gasteiger partial charge in [-0.3, -0.25) is 24.5 Å². The number of aromatic nitrogens is 2. The third-order valence-corrected chi connectivity index (χ3v) is 4.70. The predicted molar refractivity (Wildman–Crippen MR) is 99.4 cm³/mol. The van der Waals surface area contributed by atoms with E-state index in [0.717, 1.165) is 4.57 Å². The number of rotatable bonds is 8. The van der Waals surface area contributed by atoms with Gasteiger partial charge in [-0.15, -0.1) is 0 Å². The topological polar surface area (TPSA) is 157 Å². The lowest BCUT2D eigenvalue weighted by molar-refractivity contribution is -0.385. The quantitative estimate of drug-likeness (QED) is 0.310. The Hall–Kier alpha value is -2.86. The Balaban J connectivity index is 1.65. The first kappa shape index (κ1) is 20.9. The molecule has 0 aliphatic carbocycles. The molecule has 0 spiro atoms. The van der Waals surface area contributed by atoms with E-state index in [9.17, 15) is 24.8 Å². The normalized spacial score (nSPS) is 21.4. The van der Waals surface area contributed by atoms with Crippen LogP contribution in [0.4, 0.5) is 5.69 Å². The van der Waals surface area contributed by atoms with Crippen molar-refractivity contribution in [2.75, 3.05) is 13.2 Å². The molecule has 11 nitrogen and oxygen atoms in total. The van der Waals surface area contributed by atoms with E-state index >= 15 is 0 Å². The van der Waals surface area contributed by atoms with Crippen LogP contribution in [-0.4, -0.2) is 50.1 Å². The summed E-state index contributed by atoms with van der Waals surface area (Å²) in [4.78, 5) is 36.8. The SMILES string of the molecule is O=c1[nH]c(=O)n([C@H]2C[C@H](O)[C@@H](CO)O2)cc1COCCc1ccccc1[N+](=O)[O-]. The maximum absolute atomic E-state index is 12.1. The maximum Gasteiger partial charge on any atom is 0.330 e. The summed E-state index contributed by atoms with van der Waals surface area (Å²) in [5.74, 6) is 0. The van der Waals surface area contributed by atoms with Gasteiger partial charge in [0.1, 0.15) is 12.3 Å². The molecule has 1 aliphatic heterocycles. The summed E-state index contributed by atoms with van der Waals surface area (Å²) >= 11 is 0. The molecule has 1 aliphatic rings. The van der Waals surface area contributed by atoms with Crippen LogP contribution in [0.1, 0.15) is 23.8 Å². The molecule has 2 heterocycles. The maximum atomic E-state index is 12.1. The molecule has 11 heteroatoms. The number of hydrogen-bond acceptors (Lipinski definition) is 8. The number of hydrogen-bond donors (Lipinski definition) is 3. The molecule has 1 fully saturated rings. The van der Waals surface area contributed by atoms with Crippen LogP contribution >= 0.6 is 0 Å². The molecule has 3 N–H and O–H groups in total. The number of H-pyrrole nitrogens is 1. The highest BCUT2D eigenvalue weighted by Crippen LogP contribution is 2.27. The van der Waals surface area contributed by atoms with Gasteiger partial charge >= 0.3 is 5.69 Å². The van der Waals surface area contributed by atoms with E-state index in [0.29, 0.717) is 5.56 Å². The zero-order valence-corrected chi connectivity index (χ0v) is 15.4. The lowest BCUT2D eigenvalue weighted by atomic mass is 10.1. The fraction of sp³-hybridized carbons (Fsp3) is 0.444. The summed E-state index contributed by atoms with van der Waals surface area (Å²) < 4.78 is 12.1. The lowest BCUT2D eigenvalue weighted by Crippen LogP contribution is -2.34. The van der Waals surface area contributed by atoms with Crippen LogP contribution in [0.3, 0.4) is 0 Å². The molecule has 29 heavy (non-hydrogen) atoms. The number of nitrogens with zero attached hydrogens (tertiary/aromatic N) is 2. The van der Waals surface area contributed by atoms with Gasteiger partial charge in [0, 0.05) is 30.7 Å². The van der Waals surface area contributed by atoms with Crippen LogP contribution in [0.5, 0.6) is 0 Å². The van der Waals surface area contributed by atoms with Crippen LogP contribution in [0.15, 0.2) is 40.1 Å². The van der Waals surface area contributed by atoms with E-state index in [1.54, 1.807) is 18.2 Å². The number of nitro groups is 1. The van der Waals surface area contributed by atoms with Crippen LogP contribution in [0.25, 0.3) is 0 Å². The zero-order valence-electron chi connectivity index (χ0n) is 15.4. The molecule has 3 atom stereocenters. The number of aliphatic hydroxyl groups excluding tert-OH is 2. The first-order chi connectivity index (χ1) is 13.9. The Bertz CT molecular complexity index is 986. The van der Waals surface area contributed by atoms with Crippen LogP contribution in [-0.2, 0) is 22.5 Å². The molecule has 0 radical (unpaired) electrons. The second-order valence-corrected chi connectivity index (χ2v) is 6.62. The zero-order chi connectivity index (χ0) is 21.0. The average molecular weight is 407 g/mol. The average Bonchev–Trinajstić information content (AvgIpc) is 3.07. The van der Waals surface area contributed by atoms with Gasteiger partial charge in [-0.2, -0.15) is 0 Å². The Morgan fingerprint density at radius 3 is 2.76 bits per heavy atom. The van der Waals surface area contributed by atoms with Gasteiger partial charge in [0.25, 0.3) is 11.2 Å². The fourth-order valence-corrected chi connectivity index (χ4v) is 3.16. The summed E-state index contributed by atoms with van der Waals surface area (Å²) in [6.07, 6.45) is -0.883. The summed E-state index contributed by atoms with van der Waals surface area (Å²) in [5.41, 5.74) is -0.640. The van der Waals surface area contributed by atoms with E-state index < -0.39 is 41.2 Å². The number of nitro benzene ring substituents is 1. The Labute approximate surface area is 164 Å². The standard InChI is InChI=1S/C18H21N3O8/c22-9-15-14(23)7-16(29-15)20-8-12(17(24)19-18(20)25)10-28-6-5-11-3-1-2-4-13(11)21(26)27/h1-4,8,14-16,22-23H,5-7,9-10H2,(H,19,24,25)/t14-,15+,16+/m0/s1. The van der Waals surface area contributed by atoms with Crippen molar-refractivity contribution in [3.63, 3.8) is 0 Å². The second kappa shape index (κ2) is 9.09. The number of aliphatic hydroxyl groups is 2. The first-order valence-corrected chi connectivity index (χ1v) is 8.99. The van der Waals surface area contributed by atoms with E-state index in [-0.39, 0.29) is 37.3 Å². The smallest absolute Gasteiger partial charge is 0.330 e. The fourth-order valence-electron chi connectivity index (χ4n) is 3.16. The molecular formula is C18H21N3O8. The van der Waals surface area contributed by atoms with Gasteiger partial charge in [0.05, 0.1) is 36.4 Å². The first-order valence-electron chi connectivity index (χ1n) is 8.99. The number of nitrogens with one attached hydrogen (secondary N) is 1. The van der Waals surface area contributed by atoms with E-state index in [4.69, 9.17) is 14.6 Å². The molecule has 0 amide bonds. The predicted octanol–water partition coefficient (Wildman–Crippen LogP) is -0.155. The Kier molecular flexibility index (Phi) is 6.54. The van der Waals surface area contributed by atoms with Crippen molar-refractivity contribution in [2.24, 2.45) is 0 Å². The molecular weight excluding hydrogens is 386 g/mol. The second-order valence-electron chi connectivity index (χ2n) is 6.62. The van der Waals surface area contributed by atoms with Gasteiger partial charge in [-0.1, -0.05) is 18.2 Å². The lowest BCUT2D eigenvalue weighted by Gasteiger charge is -2.15. The van der Waals surface area contributed by atoms with Crippen LogP contribution in [0.2, 0.25) is 0 Å². The van der Waals surface area contributed by atoms with Crippen molar-refractivity contribution >= 4 is 5.69 Å². The number of aromatic amines is 1. The van der Waals surface area contributed by atoms with E-state index in [1.165, 1.54) is 12.3 Å². The number of ether oxygens (including phenoxy) is 2. The number of benzene rings is 1. The molecule has 1 aromatic heterocycles. The van der Waals surface area contributed by atoms with Crippen molar-refractivity contribution in [3.05, 3.63) is 72.5 Å². The highest BCUT2D eigenvalue weighted by molar-refractivity contribution is 5.39. The molecule has 0 unspecified atom stereocenters. The van der Waals surface area contributed by atoms with Crippen molar-refractivity contribution in [2.45, 2.75) is 37.9 Å². The van der Waals surface area contributed by atoms with Crippen molar-refractivity contribution in [1.82, 2.24) is 9.55 Å². The molecule has 0 saturated carbocycles. The Morgan fingerprint density at radius 2 is 2.07 bits per heavy atom. The summed E-state index contributed by atoms with van der Waals surface area (Å²) in [5, 5.41) is 30.0. The van der Waals surface area contributed by atoms with Crippen LogP contribution in [0, 0.1) is 10.1 Å². The van der Waals surface area contributed by atoms with Crippen LogP contribution < -0.4 is 11.2 Å². The molecule has 3 rings (SSSR count).